The van der Waals surface area contributed by atoms with E-state index < -0.39 is 11.6 Å². The fourth-order valence-corrected chi connectivity index (χ4v) is 2.79. The Bertz CT molecular complexity index is 448. The van der Waals surface area contributed by atoms with Gasteiger partial charge in [0.15, 0.2) is 11.6 Å². The van der Waals surface area contributed by atoms with Gasteiger partial charge in [-0.1, -0.05) is 13.3 Å². The third kappa shape index (κ3) is 3.10. The summed E-state index contributed by atoms with van der Waals surface area (Å²) in [7, 11) is 1.40. The van der Waals surface area contributed by atoms with Crippen molar-refractivity contribution in [2.75, 3.05) is 33.3 Å². The molecule has 0 unspecified atom stereocenters. The molecule has 3 nitrogen and oxygen atoms in total. The molecule has 2 rings (SSSR count). The van der Waals surface area contributed by atoms with Crippen molar-refractivity contribution in [1.82, 2.24) is 10.2 Å². The summed E-state index contributed by atoms with van der Waals surface area (Å²) in [5.41, 5.74) is 0.146. The second kappa shape index (κ2) is 6.99. The van der Waals surface area contributed by atoms with Crippen molar-refractivity contribution in [1.29, 1.82) is 0 Å². The summed E-state index contributed by atoms with van der Waals surface area (Å²) in [6, 6.07) is 2.41. The van der Waals surface area contributed by atoms with Crippen LogP contribution in [0.1, 0.15) is 31.4 Å². The van der Waals surface area contributed by atoms with Crippen LogP contribution in [-0.4, -0.2) is 38.2 Å². The minimum absolute atomic E-state index is 0.109. The van der Waals surface area contributed by atoms with E-state index in [0.29, 0.717) is 0 Å². The highest BCUT2D eigenvalue weighted by atomic mass is 19.1. The summed E-state index contributed by atoms with van der Waals surface area (Å²) in [5.74, 6) is -0.942. The Labute approximate surface area is 118 Å². The van der Waals surface area contributed by atoms with E-state index in [-0.39, 0.29) is 17.4 Å². The van der Waals surface area contributed by atoms with E-state index in [0.717, 1.165) is 39.0 Å². The quantitative estimate of drug-likeness (QED) is 0.900. The Morgan fingerprint density at radius 2 is 2.00 bits per heavy atom. The number of benzene rings is 1. The Morgan fingerprint density at radius 1 is 1.30 bits per heavy atom. The molecule has 1 N–H and O–H groups in total. The molecule has 1 aromatic carbocycles. The molecule has 0 saturated carbocycles. The zero-order valence-electron chi connectivity index (χ0n) is 12.1. The van der Waals surface area contributed by atoms with Gasteiger partial charge < -0.3 is 10.1 Å². The predicted octanol–water partition coefficient (Wildman–Crippen LogP) is 2.72. The molecule has 0 aliphatic carbocycles. The van der Waals surface area contributed by atoms with Crippen LogP contribution in [0, 0.1) is 11.6 Å². The predicted molar refractivity (Wildman–Crippen MR) is 75.0 cm³/mol. The number of ether oxygens (including phenoxy) is 1. The third-order valence-corrected chi connectivity index (χ3v) is 3.80. The first kappa shape index (κ1) is 15.2. The van der Waals surface area contributed by atoms with Crippen molar-refractivity contribution in [3.63, 3.8) is 0 Å². The molecule has 5 heteroatoms. The van der Waals surface area contributed by atoms with Crippen LogP contribution in [0.4, 0.5) is 8.78 Å². The number of piperazine rings is 1. The minimum atomic E-state index is -0.565. The van der Waals surface area contributed by atoms with Gasteiger partial charge >= 0.3 is 0 Å². The third-order valence-electron chi connectivity index (χ3n) is 3.80. The molecule has 0 aromatic heterocycles. The van der Waals surface area contributed by atoms with Gasteiger partial charge in [0.25, 0.3) is 0 Å². The SMILES string of the molecule is CCC[C@@H](c1c(F)ccc(OC)c1F)N1CCNCC1. The van der Waals surface area contributed by atoms with Crippen LogP contribution in [0.5, 0.6) is 5.75 Å². The maximum Gasteiger partial charge on any atom is 0.172 e. The second-order valence-corrected chi connectivity index (χ2v) is 5.07. The number of rotatable bonds is 5. The molecule has 1 heterocycles. The fraction of sp³-hybridized carbons (Fsp3) is 0.600. The monoisotopic (exact) mass is 284 g/mol. The van der Waals surface area contributed by atoms with E-state index in [1.807, 2.05) is 6.92 Å². The van der Waals surface area contributed by atoms with Gasteiger partial charge in [-0.15, -0.1) is 0 Å². The molecule has 1 aliphatic heterocycles. The molecule has 1 aliphatic rings. The molecule has 1 fully saturated rings. The Hall–Kier alpha value is -1.20. The topological polar surface area (TPSA) is 24.5 Å². The number of methoxy groups -OCH3 is 1. The molecule has 0 spiro atoms. The van der Waals surface area contributed by atoms with Gasteiger partial charge in [-0.05, 0) is 18.6 Å². The number of hydrogen-bond acceptors (Lipinski definition) is 3. The van der Waals surface area contributed by atoms with Crippen LogP contribution in [0.2, 0.25) is 0 Å². The largest absolute Gasteiger partial charge is 0.494 e. The highest BCUT2D eigenvalue weighted by molar-refractivity contribution is 5.34. The lowest BCUT2D eigenvalue weighted by Gasteiger charge is -2.35. The molecule has 0 amide bonds. The van der Waals surface area contributed by atoms with Crippen LogP contribution < -0.4 is 10.1 Å². The summed E-state index contributed by atoms with van der Waals surface area (Å²) in [6.07, 6.45) is 1.62. The minimum Gasteiger partial charge on any atom is -0.494 e. The van der Waals surface area contributed by atoms with Crippen molar-refractivity contribution in [2.45, 2.75) is 25.8 Å². The summed E-state index contributed by atoms with van der Waals surface area (Å²) in [4.78, 5) is 2.15. The molecule has 20 heavy (non-hydrogen) atoms. The zero-order chi connectivity index (χ0) is 14.5. The van der Waals surface area contributed by atoms with Crippen LogP contribution in [-0.2, 0) is 0 Å². The first-order chi connectivity index (χ1) is 9.69. The number of halogens is 2. The zero-order valence-corrected chi connectivity index (χ0v) is 12.1. The molecule has 1 atom stereocenters. The van der Waals surface area contributed by atoms with E-state index in [1.54, 1.807) is 0 Å². The van der Waals surface area contributed by atoms with Crippen LogP contribution >= 0.6 is 0 Å². The highest BCUT2D eigenvalue weighted by Gasteiger charge is 2.28. The van der Waals surface area contributed by atoms with E-state index in [2.05, 4.69) is 10.2 Å². The lowest BCUT2D eigenvalue weighted by Crippen LogP contribution is -2.45. The Kier molecular flexibility index (Phi) is 5.31. The van der Waals surface area contributed by atoms with Gasteiger partial charge in [0.2, 0.25) is 0 Å². The smallest absolute Gasteiger partial charge is 0.172 e. The van der Waals surface area contributed by atoms with Gasteiger partial charge in [-0.2, -0.15) is 0 Å². The summed E-state index contributed by atoms with van der Waals surface area (Å²) in [5, 5.41) is 3.26. The molecular formula is C15H22F2N2O. The average Bonchev–Trinajstić information content (AvgIpc) is 2.47. The number of nitrogens with zero attached hydrogens (tertiary/aromatic N) is 1. The maximum absolute atomic E-state index is 14.5. The average molecular weight is 284 g/mol. The van der Waals surface area contributed by atoms with Crippen molar-refractivity contribution >= 4 is 0 Å². The van der Waals surface area contributed by atoms with Gasteiger partial charge in [0.1, 0.15) is 5.82 Å². The first-order valence-corrected chi connectivity index (χ1v) is 7.15. The van der Waals surface area contributed by atoms with Crippen molar-refractivity contribution in [2.24, 2.45) is 0 Å². The molecule has 0 radical (unpaired) electrons. The van der Waals surface area contributed by atoms with Crippen LogP contribution in [0.25, 0.3) is 0 Å². The Morgan fingerprint density at radius 3 is 2.60 bits per heavy atom. The molecule has 0 bridgehead atoms. The van der Waals surface area contributed by atoms with E-state index in [9.17, 15) is 8.78 Å². The fourth-order valence-electron chi connectivity index (χ4n) is 2.79. The normalized spacial score (nSPS) is 18.0. The highest BCUT2D eigenvalue weighted by Crippen LogP contribution is 2.34. The van der Waals surface area contributed by atoms with Gasteiger partial charge in [-0.25, -0.2) is 8.78 Å². The summed E-state index contributed by atoms with van der Waals surface area (Å²) in [6.45, 7) is 5.35. The second-order valence-electron chi connectivity index (χ2n) is 5.07. The van der Waals surface area contributed by atoms with Gasteiger partial charge in [0, 0.05) is 37.8 Å². The standard InChI is InChI=1S/C15H22F2N2O/c1-3-4-12(19-9-7-18-8-10-19)14-11(16)5-6-13(20-2)15(14)17/h5-6,12,18H,3-4,7-10H2,1-2H3/t12-/m0/s1. The van der Waals surface area contributed by atoms with Gasteiger partial charge in [0.05, 0.1) is 7.11 Å². The number of hydrogen-bond donors (Lipinski definition) is 1. The molecule has 112 valence electrons. The van der Waals surface area contributed by atoms with Gasteiger partial charge in [-0.3, -0.25) is 4.90 Å². The van der Waals surface area contributed by atoms with Crippen LogP contribution in [0.3, 0.4) is 0 Å². The lowest BCUT2D eigenvalue weighted by atomic mass is 9.98. The van der Waals surface area contributed by atoms with Crippen molar-refractivity contribution in [3.05, 3.63) is 29.3 Å². The molecular weight excluding hydrogens is 262 g/mol. The summed E-state index contributed by atoms with van der Waals surface area (Å²) < 4.78 is 33.6. The molecule has 1 aromatic rings. The van der Waals surface area contributed by atoms with E-state index >= 15 is 0 Å². The first-order valence-electron chi connectivity index (χ1n) is 7.15. The summed E-state index contributed by atoms with van der Waals surface area (Å²) >= 11 is 0. The number of nitrogens with one attached hydrogen (secondary N) is 1. The Balaban J connectivity index is 2.37. The van der Waals surface area contributed by atoms with E-state index in [4.69, 9.17) is 4.74 Å². The van der Waals surface area contributed by atoms with Crippen molar-refractivity contribution in [3.8, 4) is 5.75 Å². The van der Waals surface area contributed by atoms with Crippen molar-refractivity contribution < 1.29 is 13.5 Å². The van der Waals surface area contributed by atoms with E-state index in [1.165, 1.54) is 19.2 Å². The van der Waals surface area contributed by atoms with Crippen LogP contribution in [0.15, 0.2) is 12.1 Å². The lowest BCUT2D eigenvalue weighted by molar-refractivity contribution is 0.157. The molecule has 1 saturated heterocycles. The maximum atomic E-state index is 14.5.